The molecule has 0 bridgehead atoms. The van der Waals surface area contributed by atoms with E-state index in [4.69, 9.17) is 20.9 Å². The highest BCUT2D eigenvalue weighted by molar-refractivity contribution is 9.10. The maximum Gasteiger partial charge on any atom is 0.251 e. The van der Waals surface area contributed by atoms with Gasteiger partial charge in [-0.3, -0.25) is 9.59 Å². The van der Waals surface area contributed by atoms with Crippen LogP contribution in [0.4, 0.5) is 5.69 Å². The Labute approximate surface area is 198 Å². The van der Waals surface area contributed by atoms with Gasteiger partial charge in [-0.2, -0.15) is 0 Å². The summed E-state index contributed by atoms with van der Waals surface area (Å²) < 4.78 is 11.0. The van der Waals surface area contributed by atoms with E-state index in [0.717, 1.165) is 0 Å². The average Bonchev–Trinajstić information content (AvgIpc) is 2.75. The molecule has 0 heterocycles. The minimum Gasteiger partial charge on any atom is -0.550 e. The Morgan fingerprint density at radius 1 is 1.15 bits per heavy atom. The third-order valence-electron chi connectivity index (χ3n) is 4.34. The molecule has 0 spiro atoms. The smallest absolute Gasteiger partial charge is 0.251 e. The van der Waals surface area contributed by atoms with Crippen molar-refractivity contribution in [2.24, 2.45) is 16.5 Å². The molecule has 2 aromatic rings. The summed E-state index contributed by atoms with van der Waals surface area (Å²) in [4.78, 5) is 40.0. The van der Waals surface area contributed by atoms with Crippen molar-refractivity contribution in [3.05, 3.63) is 52.0 Å². The van der Waals surface area contributed by atoms with Gasteiger partial charge in [0.1, 0.15) is 0 Å². The van der Waals surface area contributed by atoms with Gasteiger partial charge >= 0.3 is 0 Å². The monoisotopic (exact) mass is 520 g/mol. The predicted molar refractivity (Wildman–Crippen MR) is 122 cm³/mol. The minimum atomic E-state index is -1.37. The molecule has 176 valence electrons. The third kappa shape index (κ3) is 7.38. The zero-order valence-corrected chi connectivity index (χ0v) is 19.5. The fourth-order valence-electron chi connectivity index (χ4n) is 2.93. The van der Waals surface area contributed by atoms with E-state index in [1.165, 1.54) is 26.4 Å². The molecule has 0 saturated carbocycles. The second kappa shape index (κ2) is 11.7. The predicted octanol–water partition coefficient (Wildman–Crippen LogP) is 0.0985. The molecule has 0 saturated heterocycles. The van der Waals surface area contributed by atoms with Gasteiger partial charge in [-0.05, 0) is 51.8 Å². The number of carboxylic acid groups (broad SMARTS) is 1. The summed E-state index contributed by atoms with van der Waals surface area (Å²) in [6.07, 6.45) is -0.498. The molecule has 0 radical (unpaired) electrons. The number of carboxylic acids is 1. The molecule has 0 aliphatic heterocycles. The van der Waals surface area contributed by atoms with Crippen LogP contribution < -0.4 is 36.7 Å². The highest BCUT2D eigenvalue weighted by Gasteiger charge is 2.20. The van der Waals surface area contributed by atoms with Gasteiger partial charge < -0.3 is 41.5 Å². The van der Waals surface area contributed by atoms with Crippen molar-refractivity contribution in [1.82, 2.24) is 10.6 Å². The van der Waals surface area contributed by atoms with Crippen molar-refractivity contribution in [3.63, 3.8) is 0 Å². The number of halogens is 1. The van der Waals surface area contributed by atoms with E-state index in [1.807, 2.05) is 0 Å². The summed E-state index contributed by atoms with van der Waals surface area (Å²) in [6.45, 7) is -0.399. The molecule has 12 heteroatoms. The normalized spacial score (nSPS) is 11.1. The summed E-state index contributed by atoms with van der Waals surface area (Å²) in [7, 11) is 2.89. The number of rotatable bonds is 10. The van der Waals surface area contributed by atoms with Crippen molar-refractivity contribution in [2.75, 3.05) is 20.8 Å². The van der Waals surface area contributed by atoms with Crippen LogP contribution in [0.15, 0.2) is 45.9 Å². The molecule has 2 aromatic carbocycles. The molecule has 11 nitrogen and oxygen atoms in total. The molecule has 2 rings (SSSR count). The second-order valence-corrected chi connectivity index (χ2v) is 7.56. The number of aliphatic carboxylic acids is 1. The number of aliphatic imine (C=N–C) groups is 1. The number of amides is 2. The van der Waals surface area contributed by atoms with Gasteiger partial charge in [-0.25, -0.2) is 4.99 Å². The first-order chi connectivity index (χ1) is 15.6. The Bertz CT molecular complexity index is 1070. The highest BCUT2D eigenvalue weighted by Crippen LogP contribution is 2.38. The average molecular weight is 521 g/mol. The van der Waals surface area contributed by atoms with Crippen LogP contribution in [0, 0.1) is 0 Å². The summed E-state index contributed by atoms with van der Waals surface area (Å²) in [5, 5.41) is 16.3. The summed E-state index contributed by atoms with van der Waals surface area (Å²) >= 11 is 3.33. The van der Waals surface area contributed by atoms with Crippen molar-refractivity contribution in [1.29, 1.82) is 0 Å². The van der Waals surface area contributed by atoms with Crippen molar-refractivity contribution in [2.45, 2.75) is 12.5 Å². The number of hydrogen-bond donors (Lipinski definition) is 4. The molecule has 0 aliphatic carbocycles. The molecule has 0 fully saturated rings. The molecular formula is C21H23BrN5O6-. The van der Waals surface area contributed by atoms with Gasteiger partial charge in [0.2, 0.25) is 5.91 Å². The standard InChI is InChI=1S/C21H24BrN5O6/c1-32-16-8-12(7-14(22)19(16)33-2)15(9-18(29)30)27-17(28)10-25-20(31)11-4-3-5-13(6-11)26-21(23)24/h3-8,15H,9-10H2,1-2H3,(H,25,31)(H,27,28)(H,29,30)(H4,23,24,26)/p-1. The Kier molecular flexibility index (Phi) is 9.04. The zero-order chi connectivity index (χ0) is 24.5. The van der Waals surface area contributed by atoms with Crippen molar-refractivity contribution < 1.29 is 29.0 Å². The molecule has 0 aliphatic rings. The van der Waals surface area contributed by atoms with Gasteiger partial charge in [0.15, 0.2) is 17.5 Å². The number of hydrogen-bond acceptors (Lipinski definition) is 7. The van der Waals surface area contributed by atoms with E-state index < -0.39 is 36.8 Å². The van der Waals surface area contributed by atoms with Crippen LogP contribution in [0.2, 0.25) is 0 Å². The Hall–Kier alpha value is -3.80. The lowest BCUT2D eigenvalue weighted by Crippen LogP contribution is -2.40. The fraction of sp³-hybridized carbons (Fsp3) is 0.238. The van der Waals surface area contributed by atoms with Gasteiger partial charge in [0.25, 0.3) is 5.91 Å². The number of methoxy groups -OCH3 is 2. The van der Waals surface area contributed by atoms with Gasteiger partial charge in [0, 0.05) is 18.0 Å². The summed E-state index contributed by atoms with van der Waals surface area (Å²) in [6, 6.07) is 8.37. The quantitative estimate of drug-likeness (QED) is 0.251. The van der Waals surface area contributed by atoms with Gasteiger partial charge in [-0.15, -0.1) is 0 Å². The maximum absolute atomic E-state index is 12.5. The largest absolute Gasteiger partial charge is 0.550 e. The number of carbonyl (C=O) groups excluding carboxylic acids is 3. The van der Waals surface area contributed by atoms with E-state index in [-0.39, 0.29) is 11.5 Å². The van der Waals surface area contributed by atoms with E-state index in [0.29, 0.717) is 27.2 Å². The first-order valence-electron chi connectivity index (χ1n) is 9.53. The molecule has 0 aromatic heterocycles. The molecular weight excluding hydrogens is 498 g/mol. The SMILES string of the molecule is COc1cc(C(CC(=O)[O-])NC(=O)CNC(=O)c2cccc(N=C(N)N)c2)cc(Br)c1OC. The Morgan fingerprint density at radius 3 is 2.48 bits per heavy atom. The van der Waals surface area contributed by atoms with Gasteiger partial charge in [-0.1, -0.05) is 6.07 Å². The molecule has 6 N–H and O–H groups in total. The Morgan fingerprint density at radius 2 is 1.88 bits per heavy atom. The lowest BCUT2D eigenvalue weighted by molar-refractivity contribution is -0.306. The zero-order valence-electron chi connectivity index (χ0n) is 17.9. The number of benzene rings is 2. The molecule has 2 amide bonds. The van der Waals surface area contributed by atoms with Crippen LogP contribution in [0.1, 0.15) is 28.4 Å². The molecule has 1 atom stereocenters. The van der Waals surface area contributed by atoms with Crippen LogP contribution in [0.5, 0.6) is 11.5 Å². The third-order valence-corrected chi connectivity index (χ3v) is 4.93. The molecule has 33 heavy (non-hydrogen) atoms. The first kappa shape index (κ1) is 25.5. The van der Waals surface area contributed by atoms with Crippen LogP contribution in [-0.4, -0.2) is 44.5 Å². The molecule has 1 unspecified atom stereocenters. The maximum atomic E-state index is 12.5. The van der Waals surface area contributed by atoms with Gasteiger partial charge in [0.05, 0.1) is 37.0 Å². The summed E-state index contributed by atoms with van der Waals surface area (Å²) in [5.41, 5.74) is 11.7. The number of ether oxygens (including phenoxy) is 2. The van der Waals surface area contributed by atoms with Crippen molar-refractivity contribution >= 4 is 45.4 Å². The minimum absolute atomic E-state index is 0.160. The lowest BCUT2D eigenvalue weighted by atomic mass is 10.0. The van der Waals surface area contributed by atoms with E-state index in [1.54, 1.807) is 24.3 Å². The van der Waals surface area contributed by atoms with Crippen LogP contribution >= 0.6 is 15.9 Å². The topological polar surface area (TPSA) is 181 Å². The number of guanidine groups is 1. The van der Waals surface area contributed by atoms with Crippen LogP contribution in [0.3, 0.4) is 0 Å². The second-order valence-electron chi connectivity index (χ2n) is 6.70. The first-order valence-corrected chi connectivity index (χ1v) is 10.3. The highest BCUT2D eigenvalue weighted by atomic mass is 79.9. The van der Waals surface area contributed by atoms with Crippen molar-refractivity contribution in [3.8, 4) is 11.5 Å². The van der Waals surface area contributed by atoms with E-state index in [9.17, 15) is 19.5 Å². The van der Waals surface area contributed by atoms with E-state index in [2.05, 4.69) is 31.6 Å². The lowest BCUT2D eigenvalue weighted by Gasteiger charge is -2.22. The number of carbonyl (C=O) groups is 3. The Balaban J connectivity index is 2.12. The van der Waals surface area contributed by atoms with Crippen LogP contribution in [0.25, 0.3) is 0 Å². The number of nitrogens with two attached hydrogens (primary N) is 2. The number of nitrogens with one attached hydrogen (secondary N) is 2. The fourth-order valence-corrected chi connectivity index (χ4v) is 3.55. The summed E-state index contributed by atoms with van der Waals surface area (Å²) in [5.74, 6) is -1.92. The van der Waals surface area contributed by atoms with E-state index >= 15 is 0 Å². The van der Waals surface area contributed by atoms with Crippen LogP contribution in [-0.2, 0) is 9.59 Å². The number of nitrogens with zero attached hydrogens (tertiary/aromatic N) is 1.